The van der Waals surface area contributed by atoms with Crippen LogP contribution in [0.25, 0.3) is 10.9 Å². The minimum atomic E-state index is 0.0459. The van der Waals surface area contributed by atoms with Crippen molar-refractivity contribution >= 4 is 16.7 Å². The summed E-state index contributed by atoms with van der Waals surface area (Å²) >= 11 is 0. The number of hydrogen-bond acceptors (Lipinski definition) is 3. The lowest BCUT2D eigenvalue weighted by Crippen LogP contribution is -2.38. The number of hydrogen-bond donors (Lipinski definition) is 1. The zero-order valence-corrected chi connectivity index (χ0v) is 10.6. The monoisotopic (exact) mass is 242 g/mol. The van der Waals surface area contributed by atoms with Crippen LogP contribution in [0.5, 0.6) is 0 Å². The first kappa shape index (κ1) is 11.5. The number of benzene rings is 1. The predicted octanol–water partition coefficient (Wildman–Crippen LogP) is 2.72. The molecule has 1 aliphatic rings. The molecular weight excluding hydrogens is 224 g/mol. The second kappa shape index (κ2) is 4.58. The Bertz CT molecular complexity index is 563. The van der Waals surface area contributed by atoms with Gasteiger partial charge < -0.3 is 10.0 Å². The Morgan fingerprint density at radius 2 is 2.11 bits per heavy atom. The molecule has 3 rings (SSSR count). The molecule has 1 aromatic carbocycles. The molecule has 3 nitrogen and oxygen atoms in total. The van der Waals surface area contributed by atoms with Crippen LogP contribution in [0.1, 0.15) is 24.8 Å². The highest BCUT2D eigenvalue weighted by Gasteiger charge is 2.24. The molecule has 0 spiro atoms. The van der Waals surface area contributed by atoms with E-state index in [9.17, 15) is 5.11 Å². The van der Waals surface area contributed by atoms with Crippen LogP contribution < -0.4 is 4.90 Å². The minimum absolute atomic E-state index is 0.0459. The molecule has 1 aliphatic carbocycles. The smallest absolute Gasteiger partial charge is 0.134 e. The number of pyridine rings is 1. The average molecular weight is 242 g/mol. The van der Waals surface area contributed by atoms with E-state index in [0.717, 1.165) is 22.3 Å². The summed E-state index contributed by atoms with van der Waals surface area (Å²) in [4.78, 5) is 6.94. The molecule has 0 aliphatic heterocycles. The first-order valence-corrected chi connectivity index (χ1v) is 6.52. The molecule has 0 saturated heterocycles. The van der Waals surface area contributed by atoms with Gasteiger partial charge in [-0.15, -0.1) is 0 Å². The number of para-hydroxylation sites is 1. The normalized spacial score (nSPS) is 15.7. The Morgan fingerprint density at radius 3 is 2.78 bits per heavy atom. The molecule has 18 heavy (non-hydrogen) atoms. The molecule has 1 N–H and O–H groups in total. The van der Waals surface area contributed by atoms with Crippen LogP contribution in [0, 0.1) is 0 Å². The molecule has 1 saturated carbocycles. The van der Waals surface area contributed by atoms with Gasteiger partial charge in [0.1, 0.15) is 5.82 Å². The quantitative estimate of drug-likeness (QED) is 0.899. The van der Waals surface area contributed by atoms with E-state index in [1.54, 1.807) is 0 Å². The van der Waals surface area contributed by atoms with Gasteiger partial charge in [0.15, 0.2) is 0 Å². The highest BCUT2D eigenvalue weighted by atomic mass is 16.3. The molecule has 0 unspecified atom stereocenters. The van der Waals surface area contributed by atoms with Gasteiger partial charge in [0.05, 0.1) is 12.1 Å². The highest BCUT2D eigenvalue weighted by molar-refractivity contribution is 5.81. The van der Waals surface area contributed by atoms with Crippen molar-refractivity contribution in [2.24, 2.45) is 0 Å². The number of anilines is 1. The van der Waals surface area contributed by atoms with E-state index in [4.69, 9.17) is 4.98 Å². The molecule has 1 fully saturated rings. The lowest BCUT2D eigenvalue weighted by atomic mass is 9.91. The van der Waals surface area contributed by atoms with Crippen molar-refractivity contribution in [1.29, 1.82) is 0 Å². The Labute approximate surface area is 107 Å². The third-order valence-electron chi connectivity index (χ3n) is 3.91. The maximum Gasteiger partial charge on any atom is 0.134 e. The summed E-state index contributed by atoms with van der Waals surface area (Å²) in [5.41, 5.74) is 1.92. The molecule has 0 bridgehead atoms. The average Bonchev–Trinajstić information content (AvgIpc) is 2.35. The van der Waals surface area contributed by atoms with Crippen LogP contribution in [-0.2, 0) is 6.61 Å². The first-order valence-electron chi connectivity index (χ1n) is 6.52. The topological polar surface area (TPSA) is 36.4 Å². The van der Waals surface area contributed by atoms with Crippen molar-refractivity contribution in [3.05, 3.63) is 35.9 Å². The van der Waals surface area contributed by atoms with Gasteiger partial charge in [-0.25, -0.2) is 4.98 Å². The van der Waals surface area contributed by atoms with Crippen molar-refractivity contribution < 1.29 is 5.11 Å². The highest BCUT2D eigenvalue weighted by Crippen LogP contribution is 2.30. The Hall–Kier alpha value is -1.61. The van der Waals surface area contributed by atoms with E-state index in [1.165, 1.54) is 19.3 Å². The summed E-state index contributed by atoms with van der Waals surface area (Å²) in [7, 11) is 2.08. The maximum atomic E-state index is 9.53. The second-order valence-electron chi connectivity index (χ2n) is 5.02. The number of aliphatic hydroxyl groups excluding tert-OH is 1. The first-order chi connectivity index (χ1) is 8.79. The van der Waals surface area contributed by atoms with E-state index < -0.39 is 0 Å². The van der Waals surface area contributed by atoms with Crippen molar-refractivity contribution in [1.82, 2.24) is 4.98 Å². The maximum absolute atomic E-state index is 9.53. The van der Waals surface area contributed by atoms with E-state index in [0.29, 0.717) is 6.04 Å². The predicted molar refractivity (Wildman–Crippen MR) is 73.7 cm³/mol. The molecule has 3 heteroatoms. The molecule has 0 radical (unpaired) electrons. The summed E-state index contributed by atoms with van der Waals surface area (Å²) in [5, 5.41) is 10.6. The van der Waals surface area contributed by atoms with Crippen LogP contribution in [0.15, 0.2) is 30.3 Å². The van der Waals surface area contributed by atoms with Gasteiger partial charge in [-0.05, 0) is 31.4 Å². The largest absolute Gasteiger partial charge is 0.392 e. The van der Waals surface area contributed by atoms with Crippen molar-refractivity contribution in [3.8, 4) is 0 Å². The summed E-state index contributed by atoms with van der Waals surface area (Å²) in [5.74, 6) is 0.931. The lowest BCUT2D eigenvalue weighted by molar-refractivity contribution is 0.281. The van der Waals surface area contributed by atoms with E-state index >= 15 is 0 Å². The zero-order chi connectivity index (χ0) is 12.5. The van der Waals surface area contributed by atoms with Gasteiger partial charge >= 0.3 is 0 Å². The van der Waals surface area contributed by atoms with Crippen LogP contribution in [0.4, 0.5) is 5.82 Å². The molecule has 94 valence electrons. The molecule has 1 heterocycles. The number of aromatic nitrogens is 1. The summed E-state index contributed by atoms with van der Waals surface area (Å²) in [6.07, 6.45) is 3.77. The number of fused-ring (bicyclic) bond motifs is 1. The molecular formula is C15H18N2O. The summed E-state index contributed by atoms with van der Waals surface area (Å²) < 4.78 is 0. The van der Waals surface area contributed by atoms with Gasteiger partial charge in [-0.3, -0.25) is 0 Å². The molecule has 0 amide bonds. The SMILES string of the molecule is CN(c1nc2ccccc2cc1CO)C1CCC1. The third kappa shape index (κ3) is 1.85. The molecule has 0 atom stereocenters. The number of nitrogens with zero attached hydrogens (tertiary/aromatic N) is 2. The fraction of sp³-hybridized carbons (Fsp3) is 0.400. The zero-order valence-electron chi connectivity index (χ0n) is 10.6. The fourth-order valence-electron chi connectivity index (χ4n) is 2.52. The van der Waals surface area contributed by atoms with Gasteiger partial charge in [0.25, 0.3) is 0 Å². The Kier molecular flexibility index (Phi) is 2.92. The summed E-state index contributed by atoms with van der Waals surface area (Å²) in [6, 6.07) is 10.7. The summed E-state index contributed by atoms with van der Waals surface area (Å²) in [6.45, 7) is 0.0459. The van der Waals surface area contributed by atoms with E-state index in [1.807, 2.05) is 30.3 Å². The van der Waals surface area contributed by atoms with Crippen LogP contribution in [0.2, 0.25) is 0 Å². The third-order valence-corrected chi connectivity index (χ3v) is 3.91. The van der Waals surface area contributed by atoms with Gasteiger partial charge in [0.2, 0.25) is 0 Å². The van der Waals surface area contributed by atoms with Crippen LogP contribution in [0.3, 0.4) is 0 Å². The van der Waals surface area contributed by atoms with Crippen molar-refractivity contribution in [2.75, 3.05) is 11.9 Å². The van der Waals surface area contributed by atoms with E-state index in [2.05, 4.69) is 11.9 Å². The molecule has 1 aromatic heterocycles. The number of aliphatic hydroxyl groups is 1. The van der Waals surface area contributed by atoms with Gasteiger partial charge in [-0.1, -0.05) is 18.2 Å². The second-order valence-corrected chi connectivity index (χ2v) is 5.02. The van der Waals surface area contributed by atoms with Gasteiger partial charge in [-0.2, -0.15) is 0 Å². The van der Waals surface area contributed by atoms with Crippen molar-refractivity contribution in [2.45, 2.75) is 31.9 Å². The standard InChI is InChI=1S/C15H18N2O/c1-17(13-6-4-7-13)15-12(10-18)9-11-5-2-3-8-14(11)16-15/h2-3,5,8-9,13,18H,4,6-7,10H2,1H3. The van der Waals surface area contributed by atoms with Crippen molar-refractivity contribution in [3.63, 3.8) is 0 Å². The van der Waals surface area contributed by atoms with Gasteiger partial charge in [0, 0.05) is 24.0 Å². The van der Waals surface area contributed by atoms with E-state index in [-0.39, 0.29) is 6.61 Å². The fourth-order valence-corrected chi connectivity index (χ4v) is 2.52. The Morgan fingerprint density at radius 1 is 1.33 bits per heavy atom. The Balaban J connectivity index is 2.08. The minimum Gasteiger partial charge on any atom is -0.392 e. The van der Waals surface area contributed by atoms with Crippen LogP contribution in [-0.4, -0.2) is 23.2 Å². The number of rotatable bonds is 3. The lowest BCUT2D eigenvalue weighted by Gasteiger charge is -2.36. The molecule has 2 aromatic rings. The van der Waals surface area contributed by atoms with Crippen LogP contribution >= 0.6 is 0 Å².